The lowest BCUT2D eigenvalue weighted by Crippen LogP contribution is -2.33. The van der Waals surface area contributed by atoms with Gasteiger partial charge in [-0.05, 0) is 38.3 Å². The predicted octanol–water partition coefficient (Wildman–Crippen LogP) is 1.87. The lowest BCUT2D eigenvalue weighted by molar-refractivity contribution is -0.141. The second kappa shape index (κ2) is 5.86. The van der Waals surface area contributed by atoms with Crippen LogP contribution in [0.15, 0.2) is 24.3 Å². The fraction of sp³-hybridized carbons (Fsp3) is 0.400. The van der Waals surface area contributed by atoms with Crippen LogP contribution in [0.25, 0.3) is 0 Å². The van der Waals surface area contributed by atoms with Crippen molar-refractivity contribution >= 4 is 17.7 Å². The number of carbonyl (C=O) groups excluding carboxylic acids is 2. The van der Waals surface area contributed by atoms with E-state index in [2.05, 4.69) is 5.32 Å². The van der Waals surface area contributed by atoms with E-state index in [1.165, 1.54) is 6.92 Å². The third-order valence-electron chi connectivity index (χ3n) is 3.67. The molecule has 5 nitrogen and oxygen atoms in total. The highest BCUT2D eigenvalue weighted by Crippen LogP contribution is 2.25. The van der Waals surface area contributed by atoms with Crippen LogP contribution in [-0.4, -0.2) is 28.8 Å². The van der Waals surface area contributed by atoms with Gasteiger partial charge in [-0.1, -0.05) is 12.1 Å². The van der Waals surface area contributed by atoms with Crippen molar-refractivity contribution in [3.8, 4) is 0 Å². The van der Waals surface area contributed by atoms with E-state index < -0.39 is 5.97 Å². The Morgan fingerprint density at radius 2 is 1.70 bits per heavy atom. The van der Waals surface area contributed by atoms with Gasteiger partial charge >= 0.3 is 5.97 Å². The minimum atomic E-state index is -0.799. The van der Waals surface area contributed by atoms with Gasteiger partial charge in [-0.3, -0.25) is 14.4 Å². The summed E-state index contributed by atoms with van der Waals surface area (Å²) < 4.78 is 0. The Labute approximate surface area is 117 Å². The standard InChI is InChI=1S/C15H17NO4/c1-9(17)10-2-4-11(5-3-10)14(18)16-13-7-6-12(8-13)15(19)20/h2-5,12-13H,6-8H2,1H3,(H,16,18)(H,19,20)/t12-,13+/m1/s1. The summed E-state index contributed by atoms with van der Waals surface area (Å²) in [6, 6.07) is 6.36. The number of Topliss-reactive ketones (excluding diaryl/α,β-unsaturated/α-hetero) is 1. The molecule has 1 aliphatic rings. The average molecular weight is 275 g/mol. The monoisotopic (exact) mass is 275 g/mol. The van der Waals surface area contributed by atoms with Crippen LogP contribution < -0.4 is 5.32 Å². The highest BCUT2D eigenvalue weighted by Gasteiger charge is 2.30. The van der Waals surface area contributed by atoms with E-state index in [0.717, 1.165) is 0 Å². The van der Waals surface area contributed by atoms with Gasteiger partial charge in [0.15, 0.2) is 5.78 Å². The molecule has 1 saturated carbocycles. The van der Waals surface area contributed by atoms with Gasteiger partial charge in [0.1, 0.15) is 0 Å². The molecular formula is C15H17NO4. The fourth-order valence-electron chi connectivity index (χ4n) is 2.46. The Kier molecular flexibility index (Phi) is 4.17. The van der Waals surface area contributed by atoms with E-state index >= 15 is 0 Å². The molecular weight excluding hydrogens is 258 g/mol. The third kappa shape index (κ3) is 3.23. The summed E-state index contributed by atoms with van der Waals surface area (Å²) in [6.07, 6.45) is 1.77. The largest absolute Gasteiger partial charge is 0.481 e. The zero-order chi connectivity index (χ0) is 14.7. The maximum Gasteiger partial charge on any atom is 0.306 e. The average Bonchev–Trinajstić information content (AvgIpc) is 2.87. The highest BCUT2D eigenvalue weighted by atomic mass is 16.4. The molecule has 2 N–H and O–H groups in total. The van der Waals surface area contributed by atoms with E-state index in [1.54, 1.807) is 24.3 Å². The molecule has 1 aliphatic carbocycles. The van der Waals surface area contributed by atoms with Crippen molar-refractivity contribution in [3.63, 3.8) is 0 Å². The number of carboxylic acids is 1. The van der Waals surface area contributed by atoms with Crippen LogP contribution in [0.3, 0.4) is 0 Å². The van der Waals surface area contributed by atoms with Crippen LogP contribution in [-0.2, 0) is 4.79 Å². The second-order valence-corrected chi connectivity index (χ2v) is 5.15. The molecule has 0 saturated heterocycles. The lowest BCUT2D eigenvalue weighted by atomic mass is 10.1. The minimum Gasteiger partial charge on any atom is -0.481 e. The zero-order valence-electron chi connectivity index (χ0n) is 11.3. The quantitative estimate of drug-likeness (QED) is 0.822. The van der Waals surface area contributed by atoms with E-state index in [4.69, 9.17) is 5.11 Å². The summed E-state index contributed by atoms with van der Waals surface area (Å²) in [5.74, 6) is -1.43. The maximum absolute atomic E-state index is 12.0. The van der Waals surface area contributed by atoms with Crippen LogP contribution >= 0.6 is 0 Å². The predicted molar refractivity (Wildman–Crippen MR) is 72.7 cm³/mol. The SMILES string of the molecule is CC(=O)c1ccc(C(=O)N[C@H]2CC[C@@H](C(=O)O)C2)cc1. The van der Waals surface area contributed by atoms with Crippen LogP contribution in [0.1, 0.15) is 46.9 Å². The Morgan fingerprint density at radius 1 is 1.10 bits per heavy atom. The summed E-state index contributed by atoms with van der Waals surface area (Å²) in [4.78, 5) is 34.0. The molecule has 0 aromatic heterocycles. The van der Waals surface area contributed by atoms with Crippen LogP contribution in [0, 0.1) is 5.92 Å². The normalized spacial score (nSPS) is 21.4. The maximum atomic E-state index is 12.0. The number of rotatable bonds is 4. The summed E-state index contributed by atoms with van der Waals surface area (Å²) in [5, 5.41) is 11.8. The van der Waals surface area contributed by atoms with Gasteiger partial charge in [-0.25, -0.2) is 0 Å². The first-order valence-electron chi connectivity index (χ1n) is 6.62. The van der Waals surface area contributed by atoms with Crippen molar-refractivity contribution in [3.05, 3.63) is 35.4 Å². The van der Waals surface area contributed by atoms with Crippen molar-refractivity contribution in [1.82, 2.24) is 5.32 Å². The number of hydrogen-bond donors (Lipinski definition) is 2. The smallest absolute Gasteiger partial charge is 0.306 e. The molecule has 0 unspecified atom stereocenters. The zero-order valence-corrected chi connectivity index (χ0v) is 11.3. The van der Waals surface area contributed by atoms with Crippen molar-refractivity contribution < 1.29 is 19.5 Å². The molecule has 106 valence electrons. The topological polar surface area (TPSA) is 83.5 Å². The molecule has 0 aliphatic heterocycles. The van der Waals surface area contributed by atoms with Crippen molar-refractivity contribution in [2.24, 2.45) is 5.92 Å². The number of nitrogens with one attached hydrogen (secondary N) is 1. The minimum absolute atomic E-state index is 0.0444. The molecule has 1 aromatic rings. The number of ketones is 1. The van der Waals surface area contributed by atoms with Gasteiger partial charge in [0, 0.05) is 17.2 Å². The fourth-order valence-corrected chi connectivity index (χ4v) is 2.46. The van der Waals surface area contributed by atoms with Gasteiger partial charge in [-0.2, -0.15) is 0 Å². The number of carbonyl (C=O) groups is 3. The molecule has 1 amide bonds. The molecule has 0 radical (unpaired) electrons. The molecule has 0 bridgehead atoms. The number of amides is 1. The Hall–Kier alpha value is -2.17. The second-order valence-electron chi connectivity index (χ2n) is 5.15. The molecule has 20 heavy (non-hydrogen) atoms. The molecule has 2 rings (SSSR count). The summed E-state index contributed by atoms with van der Waals surface area (Å²) in [5.41, 5.74) is 1.04. The van der Waals surface area contributed by atoms with Gasteiger partial charge < -0.3 is 10.4 Å². The van der Waals surface area contributed by atoms with Crippen LogP contribution in [0.4, 0.5) is 0 Å². The molecule has 0 spiro atoms. The Morgan fingerprint density at radius 3 is 2.20 bits per heavy atom. The molecule has 5 heteroatoms. The van der Waals surface area contributed by atoms with E-state index in [9.17, 15) is 14.4 Å². The van der Waals surface area contributed by atoms with Gasteiger partial charge in [0.25, 0.3) is 5.91 Å². The number of carboxylic acid groups (broad SMARTS) is 1. The summed E-state index contributed by atoms with van der Waals surface area (Å²) >= 11 is 0. The van der Waals surface area contributed by atoms with Crippen LogP contribution in [0.2, 0.25) is 0 Å². The van der Waals surface area contributed by atoms with Crippen molar-refractivity contribution in [2.45, 2.75) is 32.2 Å². The van der Waals surface area contributed by atoms with Gasteiger partial charge in [0.05, 0.1) is 5.92 Å². The van der Waals surface area contributed by atoms with Gasteiger partial charge in [0.2, 0.25) is 0 Å². The summed E-state index contributed by atoms with van der Waals surface area (Å²) in [6.45, 7) is 1.47. The number of benzene rings is 1. The lowest BCUT2D eigenvalue weighted by Gasteiger charge is -2.12. The molecule has 0 heterocycles. The highest BCUT2D eigenvalue weighted by molar-refractivity contribution is 5.97. The van der Waals surface area contributed by atoms with E-state index in [0.29, 0.717) is 30.4 Å². The first-order valence-corrected chi connectivity index (χ1v) is 6.62. The Balaban J connectivity index is 1.95. The molecule has 2 atom stereocenters. The third-order valence-corrected chi connectivity index (χ3v) is 3.67. The van der Waals surface area contributed by atoms with E-state index in [-0.39, 0.29) is 23.7 Å². The number of aliphatic carboxylic acids is 1. The van der Waals surface area contributed by atoms with Crippen molar-refractivity contribution in [2.75, 3.05) is 0 Å². The van der Waals surface area contributed by atoms with Crippen molar-refractivity contribution in [1.29, 1.82) is 0 Å². The number of hydrogen-bond acceptors (Lipinski definition) is 3. The molecule has 1 fully saturated rings. The van der Waals surface area contributed by atoms with Gasteiger partial charge in [-0.15, -0.1) is 0 Å². The first kappa shape index (κ1) is 14.2. The van der Waals surface area contributed by atoms with E-state index in [1.807, 2.05) is 0 Å². The molecule has 1 aromatic carbocycles. The van der Waals surface area contributed by atoms with Crippen LogP contribution in [0.5, 0.6) is 0 Å². The summed E-state index contributed by atoms with van der Waals surface area (Å²) in [7, 11) is 0. The first-order chi connectivity index (χ1) is 9.47. The Bertz CT molecular complexity index is 535.